The fourth-order valence-corrected chi connectivity index (χ4v) is 2.93. The van der Waals surface area contributed by atoms with Crippen molar-refractivity contribution in [3.63, 3.8) is 0 Å². The van der Waals surface area contributed by atoms with Crippen LogP contribution in [0.4, 0.5) is 5.69 Å². The lowest BCUT2D eigenvalue weighted by atomic mass is 9.88. The molecule has 2 nitrogen and oxygen atoms in total. The highest BCUT2D eigenvalue weighted by molar-refractivity contribution is 6.42. The zero-order valence-corrected chi connectivity index (χ0v) is 17.0. The summed E-state index contributed by atoms with van der Waals surface area (Å²) in [4.78, 5) is 0. The highest BCUT2D eigenvalue weighted by Gasteiger charge is 2.17. The smallest absolute Gasteiger partial charge is 0.122 e. The minimum absolute atomic E-state index is 0.164. The van der Waals surface area contributed by atoms with Gasteiger partial charge in [0.25, 0.3) is 0 Å². The number of hydrogen-bond acceptors (Lipinski definition) is 2. The Morgan fingerprint density at radius 2 is 1.76 bits per heavy atom. The van der Waals surface area contributed by atoms with Gasteiger partial charge in [-0.15, -0.1) is 0 Å². The van der Waals surface area contributed by atoms with Gasteiger partial charge in [-0.3, -0.25) is 0 Å². The highest BCUT2D eigenvalue weighted by atomic mass is 35.5. The van der Waals surface area contributed by atoms with Gasteiger partial charge in [-0.05, 0) is 67.5 Å². The van der Waals surface area contributed by atoms with E-state index in [0.717, 1.165) is 37.4 Å². The molecule has 0 aliphatic heterocycles. The average molecular weight is 380 g/mol. The Morgan fingerprint density at radius 1 is 1.00 bits per heavy atom. The van der Waals surface area contributed by atoms with E-state index in [9.17, 15) is 0 Å². The topological polar surface area (TPSA) is 21.3 Å². The van der Waals surface area contributed by atoms with E-state index in [1.807, 2.05) is 18.2 Å². The molecule has 0 heterocycles. The molecule has 0 unspecified atom stereocenters. The third kappa shape index (κ3) is 6.45. The molecule has 1 N–H and O–H groups in total. The predicted octanol–water partition coefficient (Wildman–Crippen LogP) is 6.91. The number of rotatable bonds is 8. The molecule has 4 heteroatoms. The van der Waals surface area contributed by atoms with Crippen LogP contribution in [-0.2, 0) is 0 Å². The Labute approximate surface area is 161 Å². The number of aryl methyl sites for hydroxylation is 2. The molecule has 0 aromatic heterocycles. The molecule has 0 radical (unpaired) electrons. The average Bonchev–Trinajstić information content (AvgIpc) is 2.56. The summed E-state index contributed by atoms with van der Waals surface area (Å²) in [5.74, 6) is 0.992. The van der Waals surface area contributed by atoms with E-state index in [1.165, 1.54) is 11.1 Å². The van der Waals surface area contributed by atoms with Gasteiger partial charge in [-0.1, -0.05) is 49.2 Å². The van der Waals surface area contributed by atoms with Gasteiger partial charge in [-0.25, -0.2) is 0 Å². The van der Waals surface area contributed by atoms with Gasteiger partial charge in [0.05, 0.1) is 16.7 Å². The molecule has 0 aliphatic rings. The van der Waals surface area contributed by atoms with Crippen LogP contribution in [0.25, 0.3) is 0 Å². The van der Waals surface area contributed by atoms with Gasteiger partial charge in [0.15, 0.2) is 0 Å². The van der Waals surface area contributed by atoms with Gasteiger partial charge >= 0.3 is 0 Å². The summed E-state index contributed by atoms with van der Waals surface area (Å²) in [5, 5.41) is 4.60. The molecule has 0 bridgehead atoms. The van der Waals surface area contributed by atoms with Crippen LogP contribution in [0.1, 0.15) is 37.8 Å². The fraction of sp³-hybridized carbons (Fsp3) is 0.429. The Morgan fingerprint density at radius 3 is 2.48 bits per heavy atom. The largest absolute Gasteiger partial charge is 0.493 e. The van der Waals surface area contributed by atoms with Crippen molar-refractivity contribution in [3.05, 3.63) is 57.6 Å². The molecule has 0 aliphatic carbocycles. The first-order chi connectivity index (χ1) is 11.8. The summed E-state index contributed by atoms with van der Waals surface area (Å²) < 4.78 is 5.95. The lowest BCUT2D eigenvalue weighted by Gasteiger charge is -2.26. The first-order valence-electron chi connectivity index (χ1n) is 8.66. The molecule has 136 valence electrons. The maximum atomic E-state index is 6.06. The van der Waals surface area contributed by atoms with Gasteiger partial charge in [0.2, 0.25) is 0 Å². The van der Waals surface area contributed by atoms with Crippen LogP contribution < -0.4 is 10.1 Å². The van der Waals surface area contributed by atoms with Crippen molar-refractivity contribution in [1.29, 1.82) is 0 Å². The molecule has 0 saturated heterocycles. The monoisotopic (exact) mass is 379 g/mol. The maximum Gasteiger partial charge on any atom is 0.122 e. The van der Waals surface area contributed by atoms with Gasteiger partial charge in [0, 0.05) is 12.2 Å². The molecule has 0 saturated carbocycles. The van der Waals surface area contributed by atoms with E-state index in [0.29, 0.717) is 10.0 Å². The SMILES string of the molecule is Cc1ccc(C)c(OCCCC(C)(C)CNc2ccc(Cl)c(Cl)c2)c1. The van der Waals surface area contributed by atoms with Crippen molar-refractivity contribution in [2.24, 2.45) is 5.41 Å². The first-order valence-corrected chi connectivity index (χ1v) is 9.41. The van der Waals surface area contributed by atoms with E-state index in [1.54, 1.807) is 0 Å². The molecule has 0 atom stereocenters. The molecular weight excluding hydrogens is 353 g/mol. The summed E-state index contributed by atoms with van der Waals surface area (Å²) in [7, 11) is 0. The lowest BCUT2D eigenvalue weighted by molar-refractivity contribution is 0.263. The number of halogens is 2. The zero-order valence-electron chi connectivity index (χ0n) is 15.5. The maximum absolute atomic E-state index is 6.06. The molecule has 2 rings (SSSR count). The second kappa shape index (κ2) is 8.82. The first kappa shape index (κ1) is 19.9. The number of ether oxygens (including phenoxy) is 1. The molecule has 2 aromatic carbocycles. The van der Waals surface area contributed by atoms with E-state index in [4.69, 9.17) is 27.9 Å². The van der Waals surface area contributed by atoms with Crippen LogP contribution >= 0.6 is 23.2 Å². The van der Waals surface area contributed by atoms with Crippen molar-refractivity contribution < 1.29 is 4.74 Å². The molecule has 25 heavy (non-hydrogen) atoms. The number of hydrogen-bond donors (Lipinski definition) is 1. The number of benzene rings is 2. The second-order valence-corrected chi connectivity index (χ2v) is 8.18. The van der Waals surface area contributed by atoms with Crippen LogP contribution in [-0.4, -0.2) is 13.2 Å². The van der Waals surface area contributed by atoms with E-state index in [-0.39, 0.29) is 5.41 Å². The molecule has 0 fully saturated rings. The third-order valence-corrected chi connectivity index (χ3v) is 5.03. The molecule has 2 aromatic rings. The van der Waals surface area contributed by atoms with Gasteiger partial charge in [-0.2, -0.15) is 0 Å². The highest BCUT2D eigenvalue weighted by Crippen LogP contribution is 2.28. The summed E-state index contributed by atoms with van der Waals surface area (Å²) in [6.07, 6.45) is 2.09. The number of nitrogens with one attached hydrogen (secondary N) is 1. The van der Waals surface area contributed by atoms with Crippen molar-refractivity contribution in [2.75, 3.05) is 18.5 Å². The van der Waals surface area contributed by atoms with Crippen LogP contribution in [0.2, 0.25) is 10.0 Å². The quantitative estimate of drug-likeness (QED) is 0.503. The molecule has 0 amide bonds. The Kier molecular flexibility index (Phi) is 7.04. The van der Waals surface area contributed by atoms with Crippen LogP contribution in [0.15, 0.2) is 36.4 Å². The van der Waals surface area contributed by atoms with Gasteiger partial charge in [0.1, 0.15) is 5.75 Å². The summed E-state index contributed by atoms with van der Waals surface area (Å²) in [6, 6.07) is 12.0. The van der Waals surface area contributed by atoms with E-state index >= 15 is 0 Å². The Bertz CT molecular complexity index is 713. The van der Waals surface area contributed by atoms with Crippen molar-refractivity contribution >= 4 is 28.9 Å². The fourth-order valence-electron chi connectivity index (χ4n) is 2.63. The summed E-state index contributed by atoms with van der Waals surface area (Å²) in [6.45, 7) is 10.3. The van der Waals surface area contributed by atoms with Crippen molar-refractivity contribution in [3.8, 4) is 5.75 Å². The van der Waals surface area contributed by atoms with E-state index < -0.39 is 0 Å². The second-order valence-electron chi connectivity index (χ2n) is 7.37. The number of anilines is 1. The third-order valence-electron chi connectivity index (χ3n) is 4.29. The van der Waals surface area contributed by atoms with Crippen LogP contribution in [0.3, 0.4) is 0 Å². The minimum atomic E-state index is 0.164. The Hall–Kier alpha value is -1.38. The van der Waals surface area contributed by atoms with E-state index in [2.05, 4.69) is 51.2 Å². The van der Waals surface area contributed by atoms with Crippen molar-refractivity contribution in [2.45, 2.75) is 40.5 Å². The molecule has 0 spiro atoms. The summed E-state index contributed by atoms with van der Waals surface area (Å²) in [5.41, 5.74) is 3.57. The van der Waals surface area contributed by atoms with Crippen LogP contribution in [0.5, 0.6) is 5.75 Å². The van der Waals surface area contributed by atoms with Crippen molar-refractivity contribution in [1.82, 2.24) is 0 Å². The standard InChI is InChI=1S/C21H27Cl2NO/c1-15-6-7-16(2)20(12-15)25-11-5-10-21(3,4)14-24-17-8-9-18(22)19(23)13-17/h6-9,12-13,24H,5,10-11,14H2,1-4H3. The zero-order chi connectivity index (χ0) is 18.4. The lowest BCUT2D eigenvalue weighted by Crippen LogP contribution is -2.23. The van der Waals surface area contributed by atoms with Crippen LogP contribution in [0, 0.1) is 19.3 Å². The minimum Gasteiger partial charge on any atom is -0.493 e. The normalized spacial score (nSPS) is 11.4. The Balaban J connectivity index is 1.77. The summed E-state index contributed by atoms with van der Waals surface area (Å²) >= 11 is 12.0. The molecular formula is C21H27Cl2NO. The van der Waals surface area contributed by atoms with Gasteiger partial charge < -0.3 is 10.1 Å². The predicted molar refractivity (Wildman–Crippen MR) is 109 cm³/mol.